The van der Waals surface area contributed by atoms with Gasteiger partial charge in [0.15, 0.2) is 0 Å². The summed E-state index contributed by atoms with van der Waals surface area (Å²) in [6, 6.07) is 14.3. The van der Waals surface area contributed by atoms with E-state index in [1.807, 2.05) is 6.92 Å². The fourth-order valence-corrected chi connectivity index (χ4v) is 4.40. The lowest BCUT2D eigenvalue weighted by Crippen LogP contribution is -2.13. The molecule has 1 aliphatic rings. The maximum atomic E-state index is 12.7. The molecule has 1 fully saturated rings. The zero-order chi connectivity index (χ0) is 19.4. The van der Waals surface area contributed by atoms with Crippen molar-refractivity contribution in [2.75, 3.05) is 0 Å². The molecule has 2 aromatic rings. The maximum absolute atomic E-state index is 12.7. The fourth-order valence-electron chi connectivity index (χ4n) is 4.40. The summed E-state index contributed by atoms with van der Waals surface area (Å²) in [6.07, 6.45) is 3.59. The summed E-state index contributed by atoms with van der Waals surface area (Å²) >= 11 is 0. The summed E-state index contributed by atoms with van der Waals surface area (Å²) in [6.45, 7) is 4.32. The van der Waals surface area contributed by atoms with E-state index in [0.717, 1.165) is 17.0 Å². The van der Waals surface area contributed by atoms with E-state index in [-0.39, 0.29) is 5.92 Å². The van der Waals surface area contributed by atoms with E-state index in [1.54, 1.807) is 12.1 Å². The van der Waals surface area contributed by atoms with Gasteiger partial charge in [0.2, 0.25) is 0 Å². The van der Waals surface area contributed by atoms with Crippen molar-refractivity contribution in [3.8, 4) is 0 Å². The normalized spacial score (nSPS) is 21.8. The van der Waals surface area contributed by atoms with E-state index in [9.17, 15) is 13.2 Å². The summed E-state index contributed by atoms with van der Waals surface area (Å²) in [5.41, 5.74) is 2.88. The van der Waals surface area contributed by atoms with E-state index in [1.165, 1.54) is 56.2 Å². The zero-order valence-electron chi connectivity index (χ0n) is 16.2. The first-order chi connectivity index (χ1) is 12.9. The predicted molar refractivity (Wildman–Crippen MR) is 105 cm³/mol. The number of hydrogen-bond donors (Lipinski definition) is 0. The summed E-state index contributed by atoms with van der Waals surface area (Å²) in [7, 11) is 0. The first-order valence-corrected chi connectivity index (χ1v) is 10.2. The van der Waals surface area contributed by atoms with Crippen LogP contribution in [0.5, 0.6) is 0 Å². The molecule has 2 aromatic carbocycles. The Kier molecular flexibility index (Phi) is 6.29. The van der Waals surface area contributed by atoms with Gasteiger partial charge in [-0.15, -0.1) is 0 Å². The molecule has 1 aliphatic carbocycles. The van der Waals surface area contributed by atoms with Gasteiger partial charge in [0.05, 0.1) is 5.56 Å². The van der Waals surface area contributed by atoms with E-state index < -0.39 is 11.7 Å². The number of halogens is 3. The van der Waals surface area contributed by atoms with Crippen molar-refractivity contribution in [1.29, 1.82) is 0 Å². The minimum absolute atomic E-state index is 0.0848. The molecular weight excluding hydrogens is 345 g/mol. The Balaban J connectivity index is 1.65. The quantitative estimate of drug-likeness (QED) is 0.498. The Bertz CT molecular complexity index is 705. The molecule has 0 radical (unpaired) electrons. The highest BCUT2D eigenvalue weighted by atomic mass is 19.4. The molecular formula is C24H29F3. The molecule has 1 unspecified atom stereocenters. The molecule has 1 atom stereocenters. The van der Waals surface area contributed by atoms with Gasteiger partial charge >= 0.3 is 6.18 Å². The minimum atomic E-state index is -4.28. The molecule has 3 rings (SSSR count). The van der Waals surface area contributed by atoms with Crippen LogP contribution in [0.4, 0.5) is 13.2 Å². The molecule has 0 heterocycles. The Hall–Kier alpha value is -1.77. The lowest BCUT2D eigenvalue weighted by Gasteiger charge is -2.29. The summed E-state index contributed by atoms with van der Waals surface area (Å²) in [4.78, 5) is 0. The van der Waals surface area contributed by atoms with Gasteiger partial charge in [0.25, 0.3) is 0 Å². The van der Waals surface area contributed by atoms with Gasteiger partial charge in [-0.3, -0.25) is 0 Å². The Morgan fingerprint density at radius 2 is 1.37 bits per heavy atom. The van der Waals surface area contributed by atoms with Crippen LogP contribution >= 0.6 is 0 Å². The first-order valence-electron chi connectivity index (χ1n) is 10.2. The lowest BCUT2D eigenvalue weighted by molar-refractivity contribution is -0.137. The third kappa shape index (κ3) is 4.94. The van der Waals surface area contributed by atoms with Gasteiger partial charge in [0, 0.05) is 5.92 Å². The highest BCUT2D eigenvalue weighted by Crippen LogP contribution is 2.38. The van der Waals surface area contributed by atoms with Gasteiger partial charge in [-0.1, -0.05) is 63.1 Å². The van der Waals surface area contributed by atoms with E-state index in [0.29, 0.717) is 5.92 Å². The second-order valence-corrected chi connectivity index (χ2v) is 8.01. The Labute approximate surface area is 160 Å². The highest BCUT2D eigenvalue weighted by molar-refractivity contribution is 5.36. The second kappa shape index (κ2) is 8.50. The SMILES string of the molecule is CCC[C@H]1CC[C@H](c2ccc(C(C)c3ccc(C(F)(F)F)cc3)cc2)CC1. The highest BCUT2D eigenvalue weighted by Gasteiger charge is 2.30. The van der Waals surface area contributed by atoms with Crippen molar-refractivity contribution >= 4 is 0 Å². The smallest absolute Gasteiger partial charge is 0.166 e. The van der Waals surface area contributed by atoms with Crippen LogP contribution < -0.4 is 0 Å². The van der Waals surface area contributed by atoms with Crippen LogP contribution in [0.3, 0.4) is 0 Å². The predicted octanol–water partition coefficient (Wildman–Crippen LogP) is 7.93. The van der Waals surface area contributed by atoms with E-state index in [2.05, 4.69) is 31.2 Å². The van der Waals surface area contributed by atoms with Crippen LogP contribution in [0.15, 0.2) is 48.5 Å². The minimum Gasteiger partial charge on any atom is -0.166 e. The van der Waals surface area contributed by atoms with Crippen LogP contribution in [-0.4, -0.2) is 0 Å². The van der Waals surface area contributed by atoms with Crippen molar-refractivity contribution in [3.63, 3.8) is 0 Å². The summed E-state index contributed by atoms with van der Waals surface area (Å²) in [5.74, 6) is 1.65. The van der Waals surface area contributed by atoms with Crippen molar-refractivity contribution in [2.24, 2.45) is 5.92 Å². The number of rotatable bonds is 5. The number of alkyl halides is 3. The second-order valence-electron chi connectivity index (χ2n) is 8.01. The van der Waals surface area contributed by atoms with Crippen molar-refractivity contribution in [2.45, 2.75) is 70.4 Å². The monoisotopic (exact) mass is 374 g/mol. The lowest BCUT2D eigenvalue weighted by atomic mass is 9.77. The summed E-state index contributed by atoms with van der Waals surface area (Å²) in [5, 5.41) is 0. The van der Waals surface area contributed by atoms with Crippen molar-refractivity contribution < 1.29 is 13.2 Å². The van der Waals surface area contributed by atoms with E-state index >= 15 is 0 Å². The third-order valence-corrected chi connectivity index (χ3v) is 6.19. The van der Waals surface area contributed by atoms with E-state index in [4.69, 9.17) is 0 Å². The molecule has 27 heavy (non-hydrogen) atoms. The Morgan fingerprint density at radius 1 is 0.852 bits per heavy atom. The topological polar surface area (TPSA) is 0 Å². The van der Waals surface area contributed by atoms with Gasteiger partial charge in [-0.05, 0) is 66.3 Å². The molecule has 0 saturated heterocycles. The molecule has 0 nitrogen and oxygen atoms in total. The number of hydrogen-bond acceptors (Lipinski definition) is 0. The van der Waals surface area contributed by atoms with Crippen LogP contribution in [0, 0.1) is 5.92 Å². The summed E-state index contributed by atoms with van der Waals surface area (Å²) < 4.78 is 38.2. The average molecular weight is 374 g/mol. The van der Waals surface area contributed by atoms with Crippen LogP contribution in [0.25, 0.3) is 0 Å². The molecule has 0 bridgehead atoms. The largest absolute Gasteiger partial charge is 0.416 e. The van der Waals surface area contributed by atoms with Gasteiger partial charge in [-0.25, -0.2) is 0 Å². The third-order valence-electron chi connectivity index (χ3n) is 6.19. The molecule has 0 aromatic heterocycles. The van der Waals surface area contributed by atoms with Crippen LogP contribution in [0.1, 0.15) is 86.5 Å². The Morgan fingerprint density at radius 3 is 1.85 bits per heavy atom. The van der Waals surface area contributed by atoms with Crippen LogP contribution in [-0.2, 0) is 6.18 Å². The number of benzene rings is 2. The zero-order valence-corrected chi connectivity index (χ0v) is 16.2. The molecule has 3 heteroatoms. The molecule has 1 saturated carbocycles. The average Bonchev–Trinajstić information content (AvgIpc) is 2.68. The molecule has 146 valence electrons. The molecule has 0 spiro atoms. The first kappa shape index (κ1) is 20.0. The molecule has 0 aliphatic heterocycles. The molecule has 0 amide bonds. The van der Waals surface area contributed by atoms with Gasteiger partial charge in [-0.2, -0.15) is 13.2 Å². The fraction of sp³-hybridized carbons (Fsp3) is 0.500. The van der Waals surface area contributed by atoms with Gasteiger partial charge < -0.3 is 0 Å². The standard InChI is InChI=1S/C24H29F3/c1-3-4-18-5-7-21(8-6-18)22-11-9-19(10-12-22)17(2)20-13-15-23(16-14-20)24(25,26)27/h9-18,21H,3-8H2,1-2H3/t17?,18-,21-. The molecule has 0 N–H and O–H groups in total. The van der Waals surface area contributed by atoms with Crippen molar-refractivity contribution in [1.82, 2.24) is 0 Å². The van der Waals surface area contributed by atoms with Crippen LogP contribution in [0.2, 0.25) is 0 Å². The van der Waals surface area contributed by atoms with Gasteiger partial charge in [0.1, 0.15) is 0 Å². The van der Waals surface area contributed by atoms with Crippen molar-refractivity contribution in [3.05, 3.63) is 70.8 Å². The maximum Gasteiger partial charge on any atom is 0.416 e.